The molecule has 0 spiro atoms. The molecule has 0 saturated heterocycles. The molecule has 0 aliphatic carbocycles. The molecule has 0 nitrogen and oxygen atoms in total. The van der Waals surface area contributed by atoms with Crippen LogP contribution in [0.1, 0.15) is 48.5 Å². The van der Waals surface area contributed by atoms with E-state index in [0.29, 0.717) is 5.41 Å². The van der Waals surface area contributed by atoms with Crippen molar-refractivity contribution in [3.05, 3.63) is 6.42 Å². The van der Waals surface area contributed by atoms with Crippen molar-refractivity contribution in [1.29, 1.82) is 0 Å². The first-order valence-electron chi connectivity index (χ1n) is 5.10. The van der Waals surface area contributed by atoms with Gasteiger partial charge in [0.2, 0.25) is 0 Å². The summed E-state index contributed by atoms with van der Waals surface area (Å²) in [7, 11) is 0. The normalized spacial score (nSPS) is 20.2. The lowest BCUT2D eigenvalue weighted by molar-refractivity contribution is 0.157. The van der Waals surface area contributed by atoms with Crippen molar-refractivity contribution in [2.45, 2.75) is 48.5 Å². The molecule has 0 heteroatoms. The van der Waals surface area contributed by atoms with E-state index < -0.39 is 0 Å². The smallest absolute Gasteiger partial charge is 0.0354 e. The summed E-state index contributed by atoms with van der Waals surface area (Å²) in [5.74, 6) is 2.30. The van der Waals surface area contributed by atoms with Crippen molar-refractivity contribution in [3.8, 4) is 0 Å². The minimum atomic E-state index is 0.441. The van der Waals surface area contributed by atoms with E-state index >= 15 is 0 Å². The Morgan fingerprint density at radius 2 is 1.42 bits per heavy atom. The summed E-state index contributed by atoms with van der Waals surface area (Å²) >= 11 is 0. The van der Waals surface area contributed by atoms with Crippen LogP contribution in [-0.4, -0.2) is 0 Å². The SMILES string of the molecule is C[CH]C(C)C(C)C(C)C(C)(C)C. The van der Waals surface area contributed by atoms with Gasteiger partial charge in [-0.1, -0.05) is 48.5 Å². The Bertz CT molecular complexity index is 118. The van der Waals surface area contributed by atoms with Gasteiger partial charge in [-0.3, -0.25) is 0 Å². The Morgan fingerprint density at radius 1 is 1.00 bits per heavy atom. The maximum absolute atomic E-state index is 2.37. The summed E-state index contributed by atoms with van der Waals surface area (Å²) in [5.41, 5.74) is 0.441. The van der Waals surface area contributed by atoms with Gasteiger partial charge in [0, 0.05) is 0 Å². The zero-order valence-electron chi connectivity index (χ0n) is 9.81. The molecule has 0 aliphatic heterocycles. The van der Waals surface area contributed by atoms with Crippen molar-refractivity contribution < 1.29 is 0 Å². The molecule has 3 unspecified atom stereocenters. The van der Waals surface area contributed by atoms with Crippen molar-refractivity contribution in [1.82, 2.24) is 0 Å². The standard InChI is InChI=1S/C12H25/c1-8-9(2)10(3)11(4)12(5,6)7/h8-11H,1-7H3. The van der Waals surface area contributed by atoms with E-state index in [-0.39, 0.29) is 0 Å². The van der Waals surface area contributed by atoms with Gasteiger partial charge in [-0.05, 0) is 29.6 Å². The first-order chi connectivity index (χ1) is 5.30. The van der Waals surface area contributed by atoms with Crippen LogP contribution in [0.15, 0.2) is 0 Å². The first kappa shape index (κ1) is 12.0. The second kappa shape index (κ2) is 4.30. The largest absolute Gasteiger partial charge is 0.0620 e. The van der Waals surface area contributed by atoms with Gasteiger partial charge in [-0.25, -0.2) is 0 Å². The highest BCUT2D eigenvalue weighted by molar-refractivity contribution is 4.81. The van der Waals surface area contributed by atoms with Crippen LogP contribution >= 0.6 is 0 Å². The molecule has 0 N–H and O–H groups in total. The van der Waals surface area contributed by atoms with E-state index in [1.54, 1.807) is 0 Å². The predicted molar refractivity (Wildman–Crippen MR) is 56.9 cm³/mol. The minimum absolute atomic E-state index is 0.441. The average Bonchev–Trinajstić information content (AvgIpc) is 1.98. The highest BCUT2D eigenvalue weighted by Gasteiger charge is 2.27. The lowest BCUT2D eigenvalue weighted by Crippen LogP contribution is -2.27. The molecular weight excluding hydrogens is 144 g/mol. The van der Waals surface area contributed by atoms with Gasteiger partial charge in [0.1, 0.15) is 0 Å². The zero-order valence-corrected chi connectivity index (χ0v) is 9.81. The molecule has 12 heavy (non-hydrogen) atoms. The fourth-order valence-corrected chi connectivity index (χ4v) is 1.55. The average molecular weight is 169 g/mol. The van der Waals surface area contributed by atoms with Crippen LogP contribution in [0.2, 0.25) is 0 Å². The Labute approximate surface area is 78.8 Å². The van der Waals surface area contributed by atoms with Crippen LogP contribution < -0.4 is 0 Å². The third kappa shape index (κ3) is 3.16. The molecule has 0 aromatic carbocycles. The van der Waals surface area contributed by atoms with Gasteiger partial charge in [0.05, 0.1) is 0 Å². The highest BCUT2D eigenvalue weighted by Crippen LogP contribution is 2.35. The quantitative estimate of drug-likeness (QED) is 0.595. The number of hydrogen-bond donors (Lipinski definition) is 0. The number of rotatable bonds is 3. The zero-order chi connectivity index (χ0) is 9.94. The van der Waals surface area contributed by atoms with Crippen LogP contribution in [0, 0.1) is 29.6 Å². The van der Waals surface area contributed by atoms with Gasteiger partial charge in [-0.2, -0.15) is 0 Å². The lowest BCUT2D eigenvalue weighted by Gasteiger charge is -2.35. The monoisotopic (exact) mass is 169 g/mol. The Kier molecular flexibility index (Phi) is 4.30. The first-order valence-corrected chi connectivity index (χ1v) is 5.10. The molecule has 0 aromatic heterocycles. The molecule has 0 aliphatic rings. The number of hydrogen-bond acceptors (Lipinski definition) is 0. The molecule has 0 bridgehead atoms. The van der Waals surface area contributed by atoms with Crippen LogP contribution in [0.3, 0.4) is 0 Å². The molecule has 3 atom stereocenters. The molecule has 0 rings (SSSR count). The molecule has 0 heterocycles. The van der Waals surface area contributed by atoms with Gasteiger partial charge in [0.25, 0.3) is 0 Å². The van der Waals surface area contributed by atoms with E-state index in [9.17, 15) is 0 Å². The van der Waals surface area contributed by atoms with E-state index in [1.807, 2.05) is 0 Å². The fourth-order valence-electron chi connectivity index (χ4n) is 1.55. The molecular formula is C12H25. The van der Waals surface area contributed by atoms with Crippen LogP contribution in [0.5, 0.6) is 0 Å². The summed E-state index contributed by atoms with van der Waals surface area (Å²) in [5, 5.41) is 0. The summed E-state index contributed by atoms with van der Waals surface area (Å²) in [6.45, 7) is 16.2. The topological polar surface area (TPSA) is 0 Å². The van der Waals surface area contributed by atoms with E-state index in [1.165, 1.54) is 0 Å². The molecule has 0 aromatic rings. The minimum Gasteiger partial charge on any atom is -0.0620 e. The summed E-state index contributed by atoms with van der Waals surface area (Å²) in [6.07, 6.45) is 2.31. The second-order valence-electron chi connectivity index (χ2n) is 5.21. The molecule has 0 fully saturated rings. The Balaban J connectivity index is 4.19. The lowest BCUT2D eigenvalue weighted by atomic mass is 9.70. The molecule has 73 valence electrons. The summed E-state index contributed by atoms with van der Waals surface area (Å²) in [4.78, 5) is 0. The van der Waals surface area contributed by atoms with Crippen molar-refractivity contribution >= 4 is 0 Å². The third-order valence-electron chi connectivity index (χ3n) is 3.51. The summed E-state index contributed by atoms with van der Waals surface area (Å²) < 4.78 is 0. The van der Waals surface area contributed by atoms with E-state index in [0.717, 1.165) is 17.8 Å². The highest BCUT2D eigenvalue weighted by atomic mass is 14.3. The fraction of sp³-hybridized carbons (Fsp3) is 0.917. The van der Waals surface area contributed by atoms with Crippen molar-refractivity contribution in [2.24, 2.45) is 23.2 Å². The molecule has 0 amide bonds. The van der Waals surface area contributed by atoms with Crippen LogP contribution in [0.4, 0.5) is 0 Å². The van der Waals surface area contributed by atoms with Gasteiger partial charge in [0.15, 0.2) is 0 Å². The second-order valence-corrected chi connectivity index (χ2v) is 5.21. The Hall–Kier alpha value is 0. The van der Waals surface area contributed by atoms with Gasteiger partial charge >= 0.3 is 0 Å². The van der Waals surface area contributed by atoms with Crippen molar-refractivity contribution in [3.63, 3.8) is 0 Å². The third-order valence-corrected chi connectivity index (χ3v) is 3.51. The van der Waals surface area contributed by atoms with E-state index in [4.69, 9.17) is 0 Å². The predicted octanol–water partition coefficient (Wildman–Crippen LogP) is 4.16. The van der Waals surface area contributed by atoms with Crippen molar-refractivity contribution in [2.75, 3.05) is 0 Å². The maximum Gasteiger partial charge on any atom is -0.0354 e. The maximum atomic E-state index is 2.37. The van der Waals surface area contributed by atoms with E-state index in [2.05, 4.69) is 54.9 Å². The Morgan fingerprint density at radius 3 is 1.67 bits per heavy atom. The molecule has 0 saturated carbocycles. The molecule has 1 radical (unpaired) electrons. The van der Waals surface area contributed by atoms with Crippen LogP contribution in [0.25, 0.3) is 0 Å². The van der Waals surface area contributed by atoms with Crippen LogP contribution in [-0.2, 0) is 0 Å². The summed E-state index contributed by atoms with van der Waals surface area (Å²) in [6, 6.07) is 0. The van der Waals surface area contributed by atoms with Gasteiger partial charge < -0.3 is 0 Å². The van der Waals surface area contributed by atoms with Gasteiger partial charge in [-0.15, -0.1) is 0 Å².